The van der Waals surface area contributed by atoms with Crippen LogP contribution in [0.1, 0.15) is 23.6 Å². The average Bonchev–Trinajstić information content (AvgIpc) is 2.53. The Balaban J connectivity index is 2.17. The van der Waals surface area contributed by atoms with Gasteiger partial charge in [0.15, 0.2) is 0 Å². The highest BCUT2D eigenvalue weighted by Gasteiger charge is 2.09. The molecule has 0 aliphatic carbocycles. The molecule has 0 unspecified atom stereocenters. The van der Waals surface area contributed by atoms with Crippen LogP contribution < -0.4 is 5.32 Å². The van der Waals surface area contributed by atoms with Gasteiger partial charge in [0.05, 0.1) is 0 Å². The smallest absolute Gasteiger partial charge is 0.266 e. The van der Waals surface area contributed by atoms with Crippen molar-refractivity contribution < 1.29 is 4.79 Å². The van der Waals surface area contributed by atoms with Crippen molar-refractivity contribution in [2.75, 3.05) is 5.32 Å². The van der Waals surface area contributed by atoms with E-state index in [0.717, 1.165) is 17.5 Å². The van der Waals surface area contributed by atoms with Crippen molar-refractivity contribution >= 4 is 17.7 Å². The maximum Gasteiger partial charge on any atom is 0.266 e. The van der Waals surface area contributed by atoms with Crippen molar-refractivity contribution in [1.82, 2.24) is 0 Å². The third kappa shape index (κ3) is 4.07. The second-order valence-electron chi connectivity index (χ2n) is 5.09. The molecule has 110 valence electrons. The van der Waals surface area contributed by atoms with Gasteiger partial charge in [0, 0.05) is 5.69 Å². The first-order valence-corrected chi connectivity index (χ1v) is 7.21. The summed E-state index contributed by atoms with van der Waals surface area (Å²) in [7, 11) is 0. The summed E-state index contributed by atoms with van der Waals surface area (Å²) in [5.74, 6) is -0.396. The van der Waals surface area contributed by atoms with Gasteiger partial charge in [-0.2, -0.15) is 5.26 Å². The maximum absolute atomic E-state index is 12.2. The highest BCUT2D eigenvalue weighted by Crippen LogP contribution is 2.13. The summed E-state index contributed by atoms with van der Waals surface area (Å²) >= 11 is 0. The first-order valence-electron chi connectivity index (χ1n) is 7.21. The molecule has 1 amide bonds. The number of aryl methyl sites for hydroxylation is 2. The molecule has 2 rings (SSSR count). The normalized spacial score (nSPS) is 10.9. The number of nitriles is 1. The highest BCUT2D eigenvalue weighted by molar-refractivity contribution is 6.09. The van der Waals surface area contributed by atoms with Crippen LogP contribution >= 0.6 is 0 Å². The summed E-state index contributed by atoms with van der Waals surface area (Å²) in [6.45, 7) is 4.03. The van der Waals surface area contributed by atoms with Crippen LogP contribution in [0.15, 0.2) is 54.1 Å². The molecule has 3 heteroatoms. The van der Waals surface area contributed by atoms with Gasteiger partial charge in [-0.3, -0.25) is 4.79 Å². The topological polar surface area (TPSA) is 52.9 Å². The Morgan fingerprint density at radius 1 is 1.23 bits per heavy atom. The van der Waals surface area contributed by atoms with Gasteiger partial charge >= 0.3 is 0 Å². The molecule has 2 aromatic carbocycles. The summed E-state index contributed by atoms with van der Waals surface area (Å²) in [4.78, 5) is 12.2. The first kappa shape index (κ1) is 15.5. The lowest BCUT2D eigenvalue weighted by molar-refractivity contribution is -0.112. The van der Waals surface area contributed by atoms with Crippen LogP contribution in [0.2, 0.25) is 0 Å². The number of carbonyl (C=O) groups excluding carboxylic acids is 1. The zero-order valence-corrected chi connectivity index (χ0v) is 12.8. The molecule has 0 aromatic heterocycles. The van der Waals surface area contributed by atoms with E-state index in [1.54, 1.807) is 12.1 Å². The summed E-state index contributed by atoms with van der Waals surface area (Å²) in [5.41, 5.74) is 3.89. The summed E-state index contributed by atoms with van der Waals surface area (Å²) < 4.78 is 0. The monoisotopic (exact) mass is 290 g/mol. The van der Waals surface area contributed by atoms with E-state index in [2.05, 4.69) is 12.2 Å². The highest BCUT2D eigenvalue weighted by atomic mass is 16.1. The van der Waals surface area contributed by atoms with Crippen LogP contribution in [0.4, 0.5) is 5.69 Å². The number of rotatable bonds is 4. The van der Waals surface area contributed by atoms with E-state index in [1.807, 2.05) is 55.5 Å². The van der Waals surface area contributed by atoms with Crippen molar-refractivity contribution in [2.45, 2.75) is 20.3 Å². The van der Waals surface area contributed by atoms with Crippen LogP contribution in [0.3, 0.4) is 0 Å². The molecular formula is C19H18N2O. The third-order valence-electron chi connectivity index (χ3n) is 3.34. The minimum Gasteiger partial charge on any atom is -0.321 e. The molecule has 22 heavy (non-hydrogen) atoms. The third-order valence-corrected chi connectivity index (χ3v) is 3.34. The van der Waals surface area contributed by atoms with E-state index >= 15 is 0 Å². The average molecular weight is 290 g/mol. The number of hydrogen-bond acceptors (Lipinski definition) is 2. The summed E-state index contributed by atoms with van der Waals surface area (Å²) in [6.07, 6.45) is 2.56. The molecule has 2 aromatic rings. The van der Waals surface area contributed by atoms with Crippen LogP contribution in [0.25, 0.3) is 6.08 Å². The Labute approximate surface area is 130 Å². The number of anilines is 1. The van der Waals surface area contributed by atoms with E-state index in [1.165, 1.54) is 5.56 Å². The van der Waals surface area contributed by atoms with Crippen molar-refractivity contribution in [3.05, 3.63) is 70.8 Å². The van der Waals surface area contributed by atoms with Gasteiger partial charge in [-0.1, -0.05) is 43.3 Å². The summed E-state index contributed by atoms with van der Waals surface area (Å²) in [5, 5.41) is 12.0. The van der Waals surface area contributed by atoms with E-state index in [0.29, 0.717) is 5.69 Å². The second-order valence-corrected chi connectivity index (χ2v) is 5.09. The van der Waals surface area contributed by atoms with Gasteiger partial charge in [-0.25, -0.2) is 0 Å². The fraction of sp³-hybridized carbons (Fsp3) is 0.158. The van der Waals surface area contributed by atoms with Gasteiger partial charge < -0.3 is 5.32 Å². The molecule has 0 aliphatic rings. The van der Waals surface area contributed by atoms with E-state index in [-0.39, 0.29) is 5.57 Å². The van der Waals surface area contributed by atoms with Gasteiger partial charge in [-0.05, 0) is 48.2 Å². The molecule has 0 saturated heterocycles. The van der Waals surface area contributed by atoms with Crippen LogP contribution in [-0.2, 0) is 11.2 Å². The molecule has 0 spiro atoms. The van der Waals surface area contributed by atoms with Gasteiger partial charge in [0.1, 0.15) is 11.6 Å². The van der Waals surface area contributed by atoms with Crippen molar-refractivity contribution in [1.29, 1.82) is 5.26 Å². The SMILES string of the molecule is CCc1ccc(/C=C(\C#N)C(=O)Nc2cccc(C)c2)cc1. The Morgan fingerprint density at radius 2 is 1.95 bits per heavy atom. The number of benzene rings is 2. The lowest BCUT2D eigenvalue weighted by atomic mass is 10.1. The molecule has 0 aliphatic heterocycles. The van der Waals surface area contributed by atoms with Gasteiger partial charge in [0.25, 0.3) is 5.91 Å². The minimum absolute atomic E-state index is 0.0887. The zero-order chi connectivity index (χ0) is 15.9. The fourth-order valence-corrected chi connectivity index (χ4v) is 2.09. The number of carbonyl (C=O) groups is 1. The molecular weight excluding hydrogens is 272 g/mol. The van der Waals surface area contributed by atoms with Crippen LogP contribution in [-0.4, -0.2) is 5.91 Å². The Bertz CT molecular complexity index is 737. The van der Waals surface area contributed by atoms with Gasteiger partial charge in [-0.15, -0.1) is 0 Å². The molecule has 0 heterocycles. The fourth-order valence-electron chi connectivity index (χ4n) is 2.09. The zero-order valence-electron chi connectivity index (χ0n) is 12.8. The second kappa shape index (κ2) is 7.24. The summed E-state index contributed by atoms with van der Waals surface area (Å²) in [6, 6.07) is 17.3. The molecule has 0 saturated carbocycles. The molecule has 1 N–H and O–H groups in total. The predicted octanol–water partition coefficient (Wildman–Crippen LogP) is 4.10. The van der Waals surface area contributed by atoms with Crippen molar-refractivity contribution in [3.8, 4) is 6.07 Å². The molecule has 0 atom stereocenters. The van der Waals surface area contributed by atoms with E-state index in [9.17, 15) is 10.1 Å². The van der Waals surface area contributed by atoms with E-state index < -0.39 is 5.91 Å². The largest absolute Gasteiger partial charge is 0.321 e. The van der Waals surface area contributed by atoms with Crippen LogP contribution in [0, 0.1) is 18.3 Å². The van der Waals surface area contributed by atoms with Crippen molar-refractivity contribution in [2.24, 2.45) is 0 Å². The number of hydrogen-bond donors (Lipinski definition) is 1. The lowest BCUT2D eigenvalue weighted by Crippen LogP contribution is -2.13. The number of nitrogens with zero attached hydrogens (tertiary/aromatic N) is 1. The molecule has 0 bridgehead atoms. The maximum atomic E-state index is 12.2. The van der Waals surface area contributed by atoms with Crippen molar-refractivity contribution in [3.63, 3.8) is 0 Å². The quantitative estimate of drug-likeness (QED) is 0.680. The molecule has 3 nitrogen and oxygen atoms in total. The van der Waals surface area contributed by atoms with Crippen LogP contribution in [0.5, 0.6) is 0 Å². The molecule has 0 fully saturated rings. The number of amides is 1. The van der Waals surface area contributed by atoms with Gasteiger partial charge in [0.2, 0.25) is 0 Å². The first-order chi connectivity index (χ1) is 10.6. The minimum atomic E-state index is -0.396. The Morgan fingerprint density at radius 3 is 2.55 bits per heavy atom. The predicted molar refractivity (Wildman–Crippen MR) is 89.2 cm³/mol. The Kier molecular flexibility index (Phi) is 5.11. The number of nitrogens with one attached hydrogen (secondary N) is 1. The standard InChI is InChI=1S/C19H18N2O/c1-3-15-7-9-16(10-8-15)12-17(13-20)19(22)21-18-6-4-5-14(2)11-18/h4-12H,3H2,1-2H3,(H,21,22)/b17-12+. The Hall–Kier alpha value is -2.86. The lowest BCUT2D eigenvalue weighted by Gasteiger charge is -2.05. The molecule has 0 radical (unpaired) electrons. The van der Waals surface area contributed by atoms with E-state index in [4.69, 9.17) is 0 Å².